The van der Waals surface area contributed by atoms with Gasteiger partial charge in [0.1, 0.15) is 5.84 Å². The van der Waals surface area contributed by atoms with Crippen molar-refractivity contribution < 1.29 is 9.94 Å². The lowest BCUT2D eigenvalue weighted by Gasteiger charge is -2.10. The third kappa shape index (κ3) is 1.63. The van der Waals surface area contributed by atoms with E-state index >= 15 is 0 Å². The highest BCUT2D eigenvalue weighted by molar-refractivity contribution is 5.83. The van der Waals surface area contributed by atoms with Crippen LogP contribution in [0.25, 0.3) is 0 Å². The van der Waals surface area contributed by atoms with E-state index in [2.05, 4.69) is 5.16 Å². The Morgan fingerprint density at radius 3 is 2.64 bits per heavy atom. The van der Waals surface area contributed by atoms with E-state index in [1.54, 1.807) is 0 Å². The van der Waals surface area contributed by atoms with E-state index in [-0.39, 0.29) is 24.0 Å². The average molecular weight is 158 g/mol. The minimum atomic E-state index is 0.0703. The van der Waals surface area contributed by atoms with E-state index in [9.17, 15) is 0 Å². The van der Waals surface area contributed by atoms with Crippen LogP contribution < -0.4 is 5.73 Å². The number of hydrogen-bond acceptors (Lipinski definition) is 3. The number of amidine groups is 1. The summed E-state index contributed by atoms with van der Waals surface area (Å²) >= 11 is 0. The monoisotopic (exact) mass is 158 g/mol. The number of oxime groups is 1. The number of nitrogens with two attached hydrogens (primary N) is 1. The van der Waals surface area contributed by atoms with Crippen LogP contribution in [-0.4, -0.2) is 23.3 Å². The van der Waals surface area contributed by atoms with Gasteiger partial charge in [-0.2, -0.15) is 0 Å². The average Bonchev–Trinajstić information content (AvgIpc) is 2.28. The third-order valence-electron chi connectivity index (χ3n) is 2.09. The van der Waals surface area contributed by atoms with Gasteiger partial charge in [0.05, 0.1) is 12.2 Å². The summed E-state index contributed by atoms with van der Waals surface area (Å²) in [7, 11) is 0. The Bertz CT molecular complexity index is 170. The molecule has 0 saturated carbocycles. The summed E-state index contributed by atoms with van der Waals surface area (Å²) in [6.07, 6.45) is 1.13. The molecule has 0 aromatic heterocycles. The van der Waals surface area contributed by atoms with Gasteiger partial charge in [-0.3, -0.25) is 0 Å². The van der Waals surface area contributed by atoms with Crippen LogP contribution in [0.4, 0.5) is 0 Å². The van der Waals surface area contributed by atoms with Crippen molar-refractivity contribution in [3.05, 3.63) is 0 Å². The maximum atomic E-state index is 8.41. The van der Waals surface area contributed by atoms with Gasteiger partial charge in [0.15, 0.2) is 0 Å². The number of rotatable bonds is 1. The smallest absolute Gasteiger partial charge is 0.144 e. The third-order valence-corrected chi connectivity index (χ3v) is 2.09. The number of ether oxygens (including phenoxy) is 1. The van der Waals surface area contributed by atoms with Gasteiger partial charge in [0.25, 0.3) is 0 Å². The predicted molar refractivity (Wildman–Crippen MR) is 41.5 cm³/mol. The molecule has 4 nitrogen and oxygen atoms in total. The minimum absolute atomic E-state index is 0.0703. The molecular formula is C7H14N2O2. The predicted octanol–water partition coefficient (Wildman–Crippen LogP) is 0.546. The molecular weight excluding hydrogens is 144 g/mol. The minimum Gasteiger partial charge on any atom is -0.409 e. The molecule has 0 aromatic carbocycles. The quantitative estimate of drug-likeness (QED) is 0.253. The van der Waals surface area contributed by atoms with Gasteiger partial charge in [-0.25, -0.2) is 0 Å². The summed E-state index contributed by atoms with van der Waals surface area (Å²) in [6, 6.07) is 0. The fourth-order valence-electron chi connectivity index (χ4n) is 1.50. The van der Waals surface area contributed by atoms with E-state index in [0.717, 1.165) is 6.42 Å². The molecule has 1 fully saturated rings. The molecule has 1 aliphatic heterocycles. The first kappa shape index (κ1) is 8.33. The van der Waals surface area contributed by atoms with Crippen molar-refractivity contribution in [3.63, 3.8) is 0 Å². The first-order chi connectivity index (χ1) is 5.15. The Morgan fingerprint density at radius 2 is 2.27 bits per heavy atom. The maximum absolute atomic E-state index is 8.41. The molecule has 1 heterocycles. The SMILES string of the molecule is CC1CC(/C(N)=N/O)C(C)O1. The highest BCUT2D eigenvalue weighted by Gasteiger charge is 2.32. The highest BCUT2D eigenvalue weighted by Crippen LogP contribution is 2.25. The molecule has 3 N–H and O–H groups in total. The van der Waals surface area contributed by atoms with E-state index in [4.69, 9.17) is 15.7 Å². The van der Waals surface area contributed by atoms with Crippen LogP contribution in [0.2, 0.25) is 0 Å². The van der Waals surface area contributed by atoms with Crippen LogP contribution in [0.1, 0.15) is 20.3 Å². The van der Waals surface area contributed by atoms with Crippen molar-refractivity contribution in [1.82, 2.24) is 0 Å². The first-order valence-electron chi connectivity index (χ1n) is 3.78. The van der Waals surface area contributed by atoms with E-state index < -0.39 is 0 Å². The van der Waals surface area contributed by atoms with Gasteiger partial charge in [0, 0.05) is 5.92 Å². The van der Waals surface area contributed by atoms with Crippen molar-refractivity contribution in [2.24, 2.45) is 16.8 Å². The molecule has 3 unspecified atom stereocenters. The summed E-state index contributed by atoms with van der Waals surface area (Å²) in [5.41, 5.74) is 5.45. The van der Waals surface area contributed by atoms with Crippen molar-refractivity contribution in [3.8, 4) is 0 Å². The fraction of sp³-hybridized carbons (Fsp3) is 0.857. The zero-order valence-corrected chi connectivity index (χ0v) is 6.82. The lowest BCUT2D eigenvalue weighted by atomic mass is 10.00. The second-order valence-electron chi connectivity index (χ2n) is 3.02. The van der Waals surface area contributed by atoms with Crippen molar-refractivity contribution in [1.29, 1.82) is 0 Å². The molecule has 0 bridgehead atoms. The van der Waals surface area contributed by atoms with Crippen LogP contribution >= 0.6 is 0 Å². The Hall–Kier alpha value is -0.770. The molecule has 4 heteroatoms. The molecule has 11 heavy (non-hydrogen) atoms. The molecule has 64 valence electrons. The Morgan fingerprint density at radius 1 is 1.64 bits per heavy atom. The van der Waals surface area contributed by atoms with Crippen molar-refractivity contribution in [2.75, 3.05) is 0 Å². The Balaban J connectivity index is 2.60. The summed E-state index contributed by atoms with van der Waals surface area (Å²) in [6.45, 7) is 3.92. The zero-order valence-electron chi connectivity index (χ0n) is 6.82. The van der Waals surface area contributed by atoms with Gasteiger partial charge in [-0.1, -0.05) is 5.16 Å². The van der Waals surface area contributed by atoms with Gasteiger partial charge in [-0.05, 0) is 20.3 Å². The zero-order chi connectivity index (χ0) is 8.43. The second kappa shape index (κ2) is 3.09. The maximum Gasteiger partial charge on any atom is 0.144 e. The Labute approximate surface area is 66.0 Å². The van der Waals surface area contributed by atoms with E-state index in [1.807, 2.05) is 13.8 Å². The lowest BCUT2D eigenvalue weighted by molar-refractivity contribution is 0.0619. The Kier molecular flexibility index (Phi) is 2.34. The largest absolute Gasteiger partial charge is 0.409 e. The molecule has 0 aromatic rings. The molecule has 1 aliphatic rings. The lowest BCUT2D eigenvalue weighted by Crippen LogP contribution is -2.28. The molecule has 0 aliphatic carbocycles. The van der Waals surface area contributed by atoms with Gasteiger partial charge >= 0.3 is 0 Å². The summed E-state index contributed by atoms with van der Waals surface area (Å²) < 4.78 is 5.42. The van der Waals surface area contributed by atoms with E-state index in [0.29, 0.717) is 0 Å². The van der Waals surface area contributed by atoms with E-state index in [1.165, 1.54) is 0 Å². The molecule has 0 radical (unpaired) electrons. The molecule has 1 saturated heterocycles. The second-order valence-corrected chi connectivity index (χ2v) is 3.02. The van der Waals surface area contributed by atoms with Crippen LogP contribution in [-0.2, 0) is 4.74 Å². The van der Waals surface area contributed by atoms with Crippen LogP contribution in [0.3, 0.4) is 0 Å². The summed E-state index contributed by atoms with van der Waals surface area (Å²) in [5, 5.41) is 11.4. The topological polar surface area (TPSA) is 67.8 Å². The first-order valence-corrected chi connectivity index (χ1v) is 3.78. The summed E-state index contributed by atoms with van der Waals surface area (Å²) in [4.78, 5) is 0. The van der Waals surface area contributed by atoms with Gasteiger partial charge in [0.2, 0.25) is 0 Å². The highest BCUT2D eigenvalue weighted by atomic mass is 16.5. The van der Waals surface area contributed by atoms with Crippen molar-refractivity contribution in [2.45, 2.75) is 32.5 Å². The standard InChI is InChI=1S/C7H14N2O2/c1-4-3-6(5(2)11-4)7(8)9-10/h4-6,10H,3H2,1-2H3,(H2,8,9). The molecule has 3 atom stereocenters. The van der Waals surface area contributed by atoms with Gasteiger partial charge in [-0.15, -0.1) is 0 Å². The van der Waals surface area contributed by atoms with Crippen molar-refractivity contribution >= 4 is 5.84 Å². The molecule has 0 spiro atoms. The number of nitrogens with zero attached hydrogens (tertiary/aromatic N) is 1. The fourth-order valence-corrected chi connectivity index (χ4v) is 1.50. The normalized spacial score (nSPS) is 39.5. The summed E-state index contributed by atoms with van der Waals surface area (Å²) in [5.74, 6) is 0.358. The molecule has 1 rings (SSSR count). The van der Waals surface area contributed by atoms with Gasteiger partial charge < -0.3 is 15.7 Å². The van der Waals surface area contributed by atoms with Crippen LogP contribution in [0.15, 0.2) is 5.16 Å². The van der Waals surface area contributed by atoms with Crippen LogP contribution in [0.5, 0.6) is 0 Å². The van der Waals surface area contributed by atoms with Crippen LogP contribution in [0, 0.1) is 5.92 Å². The number of hydrogen-bond donors (Lipinski definition) is 2. The molecule has 0 amide bonds.